The highest BCUT2D eigenvalue weighted by Crippen LogP contribution is 2.32. The van der Waals surface area contributed by atoms with E-state index in [9.17, 15) is 19.7 Å². The van der Waals surface area contributed by atoms with Gasteiger partial charge in [-0.1, -0.05) is 0 Å². The number of benzene rings is 1. The van der Waals surface area contributed by atoms with E-state index in [1.165, 1.54) is 17.0 Å². The zero-order valence-corrected chi connectivity index (χ0v) is 9.78. The number of amides is 1. The Morgan fingerprint density at radius 1 is 1.53 bits per heavy atom. The number of nitro groups is 1. The van der Waals surface area contributed by atoms with Gasteiger partial charge in [0.2, 0.25) is 5.91 Å². The van der Waals surface area contributed by atoms with Crippen LogP contribution in [0.1, 0.15) is 6.42 Å². The van der Waals surface area contributed by atoms with Gasteiger partial charge in [-0.25, -0.2) is 0 Å². The van der Waals surface area contributed by atoms with Crippen molar-refractivity contribution in [2.24, 2.45) is 5.92 Å². The number of nitrogen functional groups attached to an aromatic ring is 1. The average molecular weight is 265 g/mol. The maximum atomic E-state index is 11.7. The first-order valence-electron chi connectivity index (χ1n) is 5.47. The van der Waals surface area contributed by atoms with Crippen LogP contribution in [0.3, 0.4) is 0 Å². The molecule has 0 aliphatic carbocycles. The fourth-order valence-electron chi connectivity index (χ4n) is 2.01. The topological polar surface area (TPSA) is 127 Å². The summed E-state index contributed by atoms with van der Waals surface area (Å²) in [7, 11) is 0. The monoisotopic (exact) mass is 265 g/mol. The molecule has 3 N–H and O–H groups in total. The number of carboxylic acid groups (broad SMARTS) is 1. The Morgan fingerprint density at radius 2 is 2.21 bits per heavy atom. The standard InChI is InChI=1S/C11H11N3O5/c12-8-4-7(14(18)19)1-2-9(8)13-5-6(11(16)17)3-10(13)15/h1-2,4,6H,3,5,12H2,(H,16,17). The molecule has 1 atom stereocenters. The van der Waals surface area contributed by atoms with E-state index in [1.54, 1.807) is 0 Å². The van der Waals surface area contributed by atoms with Crippen molar-refractivity contribution in [1.29, 1.82) is 0 Å². The van der Waals surface area contributed by atoms with Crippen molar-refractivity contribution in [3.05, 3.63) is 28.3 Å². The summed E-state index contributed by atoms with van der Waals surface area (Å²) in [6.07, 6.45) is -0.0915. The minimum Gasteiger partial charge on any atom is -0.481 e. The molecule has 1 aromatic rings. The van der Waals surface area contributed by atoms with E-state index >= 15 is 0 Å². The Morgan fingerprint density at radius 3 is 2.68 bits per heavy atom. The molecule has 1 aliphatic heterocycles. The van der Waals surface area contributed by atoms with Crippen LogP contribution in [0.2, 0.25) is 0 Å². The average Bonchev–Trinajstić information content (AvgIpc) is 2.71. The third kappa shape index (κ3) is 2.32. The molecule has 1 aromatic carbocycles. The molecule has 1 amide bonds. The first-order chi connectivity index (χ1) is 8.90. The molecular weight excluding hydrogens is 254 g/mol. The molecule has 0 spiro atoms. The van der Waals surface area contributed by atoms with Crippen molar-refractivity contribution in [1.82, 2.24) is 0 Å². The van der Waals surface area contributed by atoms with Crippen LogP contribution in [0.4, 0.5) is 17.1 Å². The quantitative estimate of drug-likeness (QED) is 0.468. The van der Waals surface area contributed by atoms with Crippen molar-refractivity contribution in [3.63, 3.8) is 0 Å². The van der Waals surface area contributed by atoms with Crippen molar-refractivity contribution in [2.75, 3.05) is 17.2 Å². The van der Waals surface area contributed by atoms with Gasteiger partial charge in [-0.2, -0.15) is 0 Å². The fourth-order valence-corrected chi connectivity index (χ4v) is 2.01. The highest BCUT2D eigenvalue weighted by molar-refractivity contribution is 6.01. The first kappa shape index (κ1) is 12.8. The molecule has 19 heavy (non-hydrogen) atoms. The van der Waals surface area contributed by atoms with Gasteiger partial charge in [0.1, 0.15) is 0 Å². The van der Waals surface area contributed by atoms with Gasteiger partial charge >= 0.3 is 5.97 Å². The van der Waals surface area contributed by atoms with Gasteiger partial charge in [-0.05, 0) is 6.07 Å². The molecule has 1 aliphatic rings. The molecule has 8 nitrogen and oxygen atoms in total. The van der Waals surface area contributed by atoms with Crippen LogP contribution in [-0.4, -0.2) is 28.5 Å². The van der Waals surface area contributed by atoms with Crippen LogP contribution in [0.15, 0.2) is 18.2 Å². The Kier molecular flexibility index (Phi) is 3.07. The number of non-ortho nitro benzene ring substituents is 1. The van der Waals surface area contributed by atoms with Crippen LogP contribution in [0.5, 0.6) is 0 Å². The molecule has 1 unspecified atom stereocenters. The van der Waals surface area contributed by atoms with E-state index in [0.717, 1.165) is 6.07 Å². The lowest BCUT2D eigenvalue weighted by Crippen LogP contribution is -2.26. The Balaban J connectivity index is 2.30. The maximum absolute atomic E-state index is 11.7. The number of carboxylic acids is 1. The number of nitrogens with two attached hydrogens (primary N) is 1. The lowest BCUT2D eigenvalue weighted by molar-refractivity contribution is -0.384. The van der Waals surface area contributed by atoms with Crippen LogP contribution in [-0.2, 0) is 9.59 Å². The predicted molar refractivity (Wildman–Crippen MR) is 65.6 cm³/mol. The number of nitrogens with zero attached hydrogens (tertiary/aromatic N) is 2. The molecule has 1 saturated heterocycles. The minimum atomic E-state index is -1.05. The summed E-state index contributed by atoms with van der Waals surface area (Å²) in [6, 6.07) is 3.74. The molecule has 0 bridgehead atoms. The minimum absolute atomic E-state index is 0.0240. The Labute approximate surface area is 107 Å². The molecule has 2 rings (SSSR count). The fraction of sp³-hybridized carbons (Fsp3) is 0.273. The first-order valence-corrected chi connectivity index (χ1v) is 5.47. The number of rotatable bonds is 3. The summed E-state index contributed by atoms with van der Waals surface area (Å²) >= 11 is 0. The van der Waals surface area contributed by atoms with Crippen LogP contribution < -0.4 is 10.6 Å². The van der Waals surface area contributed by atoms with Crippen LogP contribution >= 0.6 is 0 Å². The second-order valence-electron chi connectivity index (χ2n) is 4.24. The molecule has 0 radical (unpaired) electrons. The number of hydrogen-bond donors (Lipinski definition) is 2. The highest BCUT2D eigenvalue weighted by atomic mass is 16.6. The van der Waals surface area contributed by atoms with Gasteiger partial charge in [0, 0.05) is 25.1 Å². The second-order valence-corrected chi connectivity index (χ2v) is 4.24. The molecule has 0 aromatic heterocycles. The van der Waals surface area contributed by atoms with Crippen molar-refractivity contribution in [2.45, 2.75) is 6.42 Å². The summed E-state index contributed by atoms with van der Waals surface area (Å²) < 4.78 is 0. The van der Waals surface area contributed by atoms with E-state index in [-0.39, 0.29) is 30.2 Å². The molecule has 1 fully saturated rings. The number of aliphatic carboxylic acids is 1. The number of carbonyl (C=O) groups excluding carboxylic acids is 1. The molecule has 100 valence electrons. The van der Waals surface area contributed by atoms with Crippen molar-refractivity contribution in [3.8, 4) is 0 Å². The summed E-state index contributed by atoms with van der Waals surface area (Å²) in [5.74, 6) is -2.17. The summed E-state index contributed by atoms with van der Waals surface area (Å²) in [4.78, 5) is 33.8. The highest BCUT2D eigenvalue weighted by Gasteiger charge is 2.35. The zero-order valence-electron chi connectivity index (χ0n) is 9.78. The lowest BCUT2D eigenvalue weighted by atomic mass is 10.1. The predicted octanol–water partition coefficient (Wildman–Crippen LogP) is 0.614. The van der Waals surface area contributed by atoms with E-state index in [2.05, 4.69) is 0 Å². The van der Waals surface area contributed by atoms with Crippen molar-refractivity contribution < 1.29 is 19.6 Å². The number of anilines is 2. The third-order valence-electron chi connectivity index (χ3n) is 2.99. The Bertz CT molecular complexity index is 571. The Hall–Kier alpha value is -2.64. The summed E-state index contributed by atoms with van der Waals surface area (Å²) in [5, 5.41) is 19.5. The zero-order chi connectivity index (χ0) is 14.2. The maximum Gasteiger partial charge on any atom is 0.308 e. The van der Waals surface area contributed by atoms with Crippen molar-refractivity contribution >= 4 is 28.9 Å². The van der Waals surface area contributed by atoms with Gasteiger partial charge in [-0.15, -0.1) is 0 Å². The molecular formula is C11H11N3O5. The van der Waals surface area contributed by atoms with E-state index < -0.39 is 16.8 Å². The van der Waals surface area contributed by atoms with Gasteiger partial charge in [0.05, 0.1) is 22.2 Å². The van der Waals surface area contributed by atoms with Gasteiger partial charge in [0.15, 0.2) is 0 Å². The van der Waals surface area contributed by atoms with Crippen LogP contribution in [0, 0.1) is 16.0 Å². The normalized spacial score (nSPS) is 18.6. The van der Waals surface area contributed by atoms with E-state index in [1.807, 2.05) is 0 Å². The third-order valence-corrected chi connectivity index (χ3v) is 2.99. The lowest BCUT2D eigenvalue weighted by Gasteiger charge is -2.17. The smallest absolute Gasteiger partial charge is 0.308 e. The largest absolute Gasteiger partial charge is 0.481 e. The summed E-state index contributed by atoms with van der Waals surface area (Å²) in [6.45, 7) is 0.0240. The molecule has 0 saturated carbocycles. The van der Waals surface area contributed by atoms with E-state index in [4.69, 9.17) is 10.8 Å². The molecule has 1 heterocycles. The van der Waals surface area contributed by atoms with Gasteiger partial charge in [-0.3, -0.25) is 19.7 Å². The number of hydrogen-bond acceptors (Lipinski definition) is 5. The molecule has 8 heteroatoms. The number of nitro benzene ring substituents is 1. The summed E-state index contributed by atoms with van der Waals surface area (Å²) in [5.41, 5.74) is 5.88. The number of carbonyl (C=O) groups is 2. The van der Waals surface area contributed by atoms with Gasteiger partial charge < -0.3 is 15.7 Å². The van der Waals surface area contributed by atoms with E-state index in [0.29, 0.717) is 5.69 Å². The van der Waals surface area contributed by atoms with Gasteiger partial charge in [0.25, 0.3) is 5.69 Å². The second kappa shape index (κ2) is 4.56. The SMILES string of the molecule is Nc1cc([N+](=O)[O-])ccc1N1CC(C(=O)O)CC1=O. The van der Waals surface area contributed by atoms with Crippen LogP contribution in [0.25, 0.3) is 0 Å².